The Labute approximate surface area is 112 Å². The van der Waals surface area contributed by atoms with Gasteiger partial charge in [0.05, 0.1) is 11.6 Å². The first-order chi connectivity index (χ1) is 8.93. The summed E-state index contributed by atoms with van der Waals surface area (Å²) in [5, 5.41) is 17.5. The minimum Gasteiger partial charge on any atom is -0.481 e. The summed E-state index contributed by atoms with van der Waals surface area (Å²) in [6.45, 7) is 1.73. The van der Waals surface area contributed by atoms with Gasteiger partial charge in [0.15, 0.2) is 0 Å². The number of carbonyl (C=O) groups excluding carboxylic acids is 1. The summed E-state index contributed by atoms with van der Waals surface area (Å²) in [5.74, 6) is -1.29. The van der Waals surface area contributed by atoms with Gasteiger partial charge >= 0.3 is 5.97 Å². The van der Waals surface area contributed by atoms with E-state index < -0.39 is 5.97 Å². The lowest BCUT2D eigenvalue weighted by atomic mass is 10.0. The predicted molar refractivity (Wildman–Crippen MR) is 70.6 cm³/mol. The van der Waals surface area contributed by atoms with Crippen molar-refractivity contribution in [1.82, 2.24) is 0 Å². The number of rotatable bonds is 5. The van der Waals surface area contributed by atoms with Gasteiger partial charge in [-0.2, -0.15) is 5.26 Å². The number of aliphatic carboxylic acids is 1. The summed E-state index contributed by atoms with van der Waals surface area (Å²) in [6, 6.07) is 8.74. The number of carbonyl (C=O) groups is 2. The van der Waals surface area contributed by atoms with Crippen LogP contribution in [0.3, 0.4) is 0 Å². The quantitative estimate of drug-likeness (QED) is 0.878. The maximum absolute atomic E-state index is 12.0. The maximum Gasteiger partial charge on any atom is 0.303 e. The highest BCUT2D eigenvalue weighted by Gasteiger charge is 2.17. The number of hydrogen-bond acceptors (Lipinski definition) is 3. The third-order valence-electron chi connectivity index (χ3n) is 2.78. The molecule has 1 aromatic carbocycles. The zero-order valence-electron chi connectivity index (χ0n) is 11.0. The van der Waals surface area contributed by atoms with Crippen LogP contribution in [0, 0.1) is 17.2 Å². The fraction of sp³-hybridized carbons (Fsp3) is 0.357. The number of anilines is 1. The molecular formula is C14H16N2O3. The highest BCUT2D eigenvalue weighted by Crippen LogP contribution is 2.17. The molecular weight excluding hydrogens is 244 g/mol. The maximum atomic E-state index is 12.0. The first kappa shape index (κ1) is 14.7. The summed E-state index contributed by atoms with van der Waals surface area (Å²) in [5.41, 5.74) is 1.11. The Morgan fingerprint density at radius 1 is 1.42 bits per heavy atom. The molecule has 0 saturated heterocycles. The molecule has 0 aliphatic carbocycles. The zero-order chi connectivity index (χ0) is 14.4. The minimum absolute atomic E-state index is 0.0299. The largest absolute Gasteiger partial charge is 0.481 e. The molecule has 100 valence electrons. The second kappa shape index (κ2) is 6.55. The Kier molecular flexibility index (Phi) is 5.07. The second-order valence-corrected chi connectivity index (χ2v) is 4.52. The molecule has 19 heavy (non-hydrogen) atoms. The number of carboxylic acids is 1. The van der Waals surface area contributed by atoms with Crippen molar-refractivity contribution < 1.29 is 14.7 Å². The summed E-state index contributed by atoms with van der Waals surface area (Å²) in [6.07, 6.45) is 0.136. The van der Waals surface area contributed by atoms with Crippen molar-refractivity contribution in [3.63, 3.8) is 0 Å². The smallest absolute Gasteiger partial charge is 0.303 e. The van der Waals surface area contributed by atoms with Gasteiger partial charge in [-0.25, -0.2) is 0 Å². The molecule has 0 fully saturated rings. The van der Waals surface area contributed by atoms with Crippen LogP contribution in [0.15, 0.2) is 24.3 Å². The second-order valence-electron chi connectivity index (χ2n) is 4.52. The van der Waals surface area contributed by atoms with Crippen LogP contribution in [-0.2, 0) is 9.59 Å². The molecule has 0 heterocycles. The lowest BCUT2D eigenvalue weighted by molar-refractivity contribution is -0.138. The van der Waals surface area contributed by atoms with Crippen LogP contribution in [-0.4, -0.2) is 24.0 Å². The molecule has 0 saturated carbocycles. The number of nitriles is 1. The van der Waals surface area contributed by atoms with Crippen LogP contribution < -0.4 is 4.90 Å². The topological polar surface area (TPSA) is 81.4 Å². The summed E-state index contributed by atoms with van der Waals surface area (Å²) in [7, 11) is 1.62. The molecule has 1 amide bonds. The lowest BCUT2D eigenvalue weighted by Gasteiger charge is -2.19. The molecule has 0 bridgehead atoms. The van der Waals surface area contributed by atoms with Gasteiger partial charge in [0.1, 0.15) is 0 Å². The average Bonchev–Trinajstić information content (AvgIpc) is 2.36. The van der Waals surface area contributed by atoms with Gasteiger partial charge in [-0.1, -0.05) is 13.0 Å². The summed E-state index contributed by atoms with van der Waals surface area (Å²) < 4.78 is 0. The average molecular weight is 260 g/mol. The first-order valence-corrected chi connectivity index (χ1v) is 5.92. The highest BCUT2D eigenvalue weighted by atomic mass is 16.4. The van der Waals surface area contributed by atoms with Crippen LogP contribution in [0.2, 0.25) is 0 Å². The number of nitrogens with zero attached hydrogens (tertiary/aromatic N) is 2. The number of hydrogen-bond donors (Lipinski definition) is 1. The van der Waals surface area contributed by atoms with Crippen molar-refractivity contribution in [3.8, 4) is 6.07 Å². The van der Waals surface area contributed by atoms with E-state index in [0.717, 1.165) is 0 Å². The van der Waals surface area contributed by atoms with Gasteiger partial charge < -0.3 is 10.0 Å². The molecule has 5 heteroatoms. The first-order valence-electron chi connectivity index (χ1n) is 5.92. The van der Waals surface area contributed by atoms with Gasteiger partial charge in [0.25, 0.3) is 0 Å². The van der Waals surface area contributed by atoms with Gasteiger partial charge in [-0.15, -0.1) is 0 Å². The van der Waals surface area contributed by atoms with E-state index in [0.29, 0.717) is 11.3 Å². The normalized spacial score (nSPS) is 11.4. The van der Waals surface area contributed by atoms with Crippen molar-refractivity contribution in [2.75, 3.05) is 11.9 Å². The number of amides is 1. The molecule has 1 N–H and O–H groups in total. The SMILES string of the molecule is CC(CC(=O)O)CC(=O)N(C)c1cccc(C#N)c1. The van der Waals surface area contributed by atoms with E-state index in [1.54, 1.807) is 38.2 Å². The third kappa shape index (κ3) is 4.43. The Hall–Kier alpha value is -2.35. The van der Waals surface area contributed by atoms with Crippen LogP contribution in [0.4, 0.5) is 5.69 Å². The van der Waals surface area contributed by atoms with Crippen molar-refractivity contribution in [1.29, 1.82) is 5.26 Å². The van der Waals surface area contributed by atoms with Crippen molar-refractivity contribution in [3.05, 3.63) is 29.8 Å². The van der Waals surface area contributed by atoms with Gasteiger partial charge in [-0.3, -0.25) is 9.59 Å². The minimum atomic E-state index is -0.908. The highest BCUT2D eigenvalue weighted by molar-refractivity contribution is 5.93. The van der Waals surface area contributed by atoms with Gasteiger partial charge in [-0.05, 0) is 24.1 Å². The summed E-state index contributed by atoms with van der Waals surface area (Å²) >= 11 is 0. The molecule has 0 aliphatic rings. The molecule has 0 aliphatic heterocycles. The van der Waals surface area contributed by atoms with E-state index in [4.69, 9.17) is 10.4 Å². The van der Waals surface area contributed by atoms with E-state index in [9.17, 15) is 9.59 Å². The van der Waals surface area contributed by atoms with Gasteiger partial charge in [0, 0.05) is 25.6 Å². The predicted octanol–water partition coefficient (Wildman–Crippen LogP) is 2.02. The van der Waals surface area contributed by atoms with E-state index >= 15 is 0 Å². The number of benzene rings is 1. The van der Waals surface area contributed by atoms with Crippen LogP contribution in [0.1, 0.15) is 25.3 Å². The molecule has 1 aromatic rings. The van der Waals surface area contributed by atoms with Crippen molar-refractivity contribution in [2.45, 2.75) is 19.8 Å². The zero-order valence-corrected chi connectivity index (χ0v) is 11.0. The summed E-state index contributed by atoms with van der Waals surface area (Å²) in [4.78, 5) is 24.0. The lowest BCUT2D eigenvalue weighted by Crippen LogP contribution is -2.28. The van der Waals surface area contributed by atoms with Crippen molar-refractivity contribution >= 4 is 17.6 Å². The van der Waals surface area contributed by atoms with Crippen LogP contribution in [0.25, 0.3) is 0 Å². The molecule has 1 atom stereocenters. The Morgan fingerprint density at radius 3 is 2.68 bits per heavy atom. The fourth-order valence-electron chi connectivity index (χ4n) is 1.73. The fourth-order valence-corrected chi connectivity index (χ4v) is 1.73. The molecule has 0 spiro atoms. The van der Waals surface area contributed by atoms with Crippen molar-refractivity contribution in [2.24, 2.45) is 5.92 Å². The molecule has 5 nitrogen and oxygen atoms in total. The van der Waals surface area contributed by atoms with Crippen LogP contribution in [0.5, 0.6) is 0 Å². The van der Waals surface area contributed by atoms with E-state index in [-0.39, 0.29) is 24.7 Å². The van der Waals surface area contributed by atoms with Gasteiger partial charge in [0.2, 0.25) is 5.91 Å². The Morgan fingerprint density at radius 2 is 2.11 bits per heavy atom. The Balaban J connectivity index is 2.71. The molecule has 0 aromatic heterocycles. The monoisotopic (exact) mass is 260 g/mol. The standard InChI is InChI=1S/C14H16N2O3/c1-10(7-14(18)19)6-13(17)16(2)12-5-3-4-11(8-12)9-15/h3-5,8,10H,6-7H2,1-2H3,(H,18,19). The number of carboxylic acid groups (broad SMARTS) is 1. The van der Waals surface area contributed by atoms with E-state index in [1.165, 1.54) is 4.90 Å². The van der Waals surface area contributed by atoms with Crippen LogP contribution >= 0.6 is 0 Å². The van der Waals surface area contributed by atoms with E-state index in [2.05, 4.69) is 0 Å². The molecule has 0 radical (unpaired) electrons. The Bertz CT molecular complexity index is 520. The third-order valence-corrected chi connectivity index (χ3v) is 2.78. The molecule has 1 unspecified atom stereocenters. The van der Waals surface area contributed by atoms with E-state index in [1.807, 2.05) is 6.07 Å². The molecule has 1 rings (SSSR count).